The van der Waals surface area contributed by atoms with Crippen LogP contribution in [0.4, 0.5) is 0 Å². The molecule has 0 aliphatic heterocycles. The minimum Gasteiger partial charge on any atom is -0.494 e. The Bertz CT molecular complexity index is 1980. The lowest BCUT2D eigenvalue weighted by atomic mass is 10.1. The molecule has 0 aliphatic carbocycles. The lowest BCUT2D eigenvalue weighted by Crippen LogP contribution is -2.28. The maximum absolute atomic E-state index is 13.4. The molecule has 6 rings (SSSR count). The van der Waals surface area contributed by atoms with Gasteiger partial charge in [-0.2, -0.15) is 19.7 Å². The normalized spacial score (nSPS) is 11.8. The summed E-state index contributed by atoms with van der Waals surface area (Å²) in [6, 6.07) is 25.3. The van der Waals surface area contributed by atoms with E-state index in [4.69, 9.17) is 9.84 Å². The number of ether oxygens (including phenoxy) is 1. The van der Waals surface area contributed by atoms with Gasteiger partial charge in [0.05, 0.1) is 16.8 Å². The van der Waals surface area contributed by atoms with Gasteiger partial charge in [0.15, 0.2) is 0 Å². The van der Waals surface area contributed by atoms with Crippen LogP contribution in [0.15, 0.2) is 94.6 Å². The summed E-state index contributed by atoms with van der Waals surface area (Å²) in [7, 11) is 0. The van der Waals surface area contributed by atoms with Crippen LogP contribution in [0.2, 0.25) is 0 Å². The Morgan fingerprint density at radius 1 is 0.925 bits per heavy atom. The molecule has 0 amide bonds. The second-order valence-electron chi connectivity index (χ2n) is 9.31. The molecule has 0 aliphatic rings. The lowest BCUT2D eigenvalue weighted by molar-refractivity contribution is 0.340. The molecule has 3 aromatic heterocycles. The van der Waals surface area contributed by atoms with Gasteiger partial charge < -0.3 is 4.74 Å². The standard InChI is InChI=1S/C31H25N5O3S/c1-3-39-25-15-13-22(14-16-25)28-23(19-35(34-28)24-7-5-4-6-8-24)18-27-30(38)36-31(40-27)32-29(37)26(33-36)17-21-11-9-20(2)10-12-21/h4-16,18-19H,3,17H2,1-2H3/b27-18-. The summed E-state index contributed by atoms with van der Waals surface area (Å²) in [5.74, 6) is 0.772. The minimum absolute atomic E-state index is 0.231. The van der Waals surface area contributed by atoms with Crippen molar-refractivity contribution in [2.75, 3.05) is 6.61 Å². The van der Waals surface area contributed by atoms with Gasteiger partial charge in [0.2, 0.25) is 4.96 Å². The summed E-state index contributed by atoms with van der Waals surface area (Å²) >= 11 is 1.13. The predicted octanol–water partition coefficient (Wildman–Crippen LogP) is 4.21. The topological polar surface area (TPSA) is 91.4 Å². The average molecular weight is 548 g/mol. The third kappa shape index (κ3) is 5.06. The van der Waals surface area contributed by atoms with Crippen LogP contribution in [-0.2, 0) is 6.42 Å². The first kappa shape index (κ1) is 25.4. The number of aryl methyl sites for hydroxylation is 1. The molecule has 0 atom stereocenters. The van der Waals surface area contributed by atoms with Gasteiger partial charge in [-0.1, -0.05) is 59.4 Å². The second kappa shape index (κ2) is 10.7. The quantitative estimate of drug-likeness (QED) is 0.297. The molecule has 0 saturated heterocycles. The molecule has 198 valence electrons. The first-order valence-electron chi connectivity index (χ1n) is 12.9. The van der Waals surface area contributed by atoms with Gasteiger partial charge in [0.25, 0.3) is 11.1 Å². The fraction of sp³-hybridized carbons (Fsp3) is 0.129. The highest BCUT2D eigenvalue weighted by molar-refractivity contribution is 7.15. The van der Waals surface area contributed by atoms with E-state index in [0.29, 0.717) is 23.3 Å². The van der Waals surface area contributed by atoms with Gasteiger partial charge in [-0.05, 0) is 61.9 Å². The van der Waals surface area contributed by atoms with Crippen LogP contribution in [0.25, 0.3) is 28.0 Å². The monoisotopic (exact) mass is 547 g/mol. The third-order valence-corrected chi connectivity index (χ3v) is 7.39. The predicted molar refractivity (Wildman–Crippen MR) is 156 cm³/mol. The number of rotatable bonds is 7. The van der Waals surface area contributed by atoms with Crippen LogP contribution in [0.1, 0.15) is 29.3 Å². The van der Waals surface area contributed by atoms with E-state index in [9.17, 15) is 9.59 Å². The Hall–Kier alpha value is -4.89. The zero-order valence-corrected chi connectivity index (χ0v) is 22.8. The Morgan fingerprint density at radius 3 is 2.40 bits per heavy atom. The van der Waals surface area contributed by atoms with Gasteiger partial charge >= 0.3 is 0 Å². The molecular formula is C31H25N5O3S. The Labute approximate surface area is 233 Å². The summed E-state index contributed by atoms with van der Waals surface area (Å²) < 4.78 is 9.01. The number of para-hydroxylation sites is 1. The highest BCUT2D eigenvalue weighted by Gasteiger charge is 2.15. The highest BCUT2D eigenvalue weighted by atomic mass is 32.1. The van der Waals surface area contributed by atoms with Crippen LogP contribution in [0.5, 0.6) is 5.75 Å². The van der Waals surface area contributed by atoms with Gasteiger partial charge in [-0.15, -0.1) is 0 Å². The van der Waals surface area contributed by atoms with Crippen molar-refractivity contribution in [3.8, 4) is 22.7 Å². The first-order valence-corrected chi connectivity index (χ1v) is 13.7. The van der Waals surface area contributed by atoms with E-state index < -0.39 is 5.56 Å². The van der Waals surface area contributed by atoms with Crippen molar-refractivity contribution in [3.63, 3.8) is 0 Å². The molecule has 0 fully saturated rings. The average Bonchev–Trinajstić information content (AvgIpc) is 3.52. The van der Waals surface area contributed by atoms with E-state index in [-0.39, 0.29) is 16.2 Å². The Morgan fingerprint density at radius 2 is 1.68 bits per heavy atom. The van der Waals surface area contributed by atoms with Gasteiger partial charge in [0.1, 0.15) is 17.1 Å². The van der Waals surface area contributed by atoms with Crippen molar-refractivity contribution in [3.05, 3.63) is 133 Å². The van der Waals surface area contributed by atoms with Crippen molar-refractivity contribution < 1.29 is 4.74 Å². The number of benzene rings is 3. The van der Waals surface area contributed by atoms with Crippen LogP contribution < -0.4 is 20.4 Å². The van der Waals surface area contributed by atoms with Crippen molar-refractivity contribution in [1.82, 2.24) is 24.4 Å². The fourth-order valence-corrected chi connectivity index (χ4v) is 5.29. The van der Waals surface area contributed by atoms with Crippen LogP contribution in [0, 0.1) is 6.92 Å². The molecule has 0 N–H and O–H groups in total. The number of hydrogen-bond acceptors (Lipinski definition) is 7. The molecule has 0 spiro atoms. The highest BCUT2D eigenvalue weighted by Crippen LogP contribution is 2.26. The van der Waals surface area contributed by atoms with Crippen molar-refractivity contribution in [2.45, 2.75) is 20.3 Å². The maximum Gasteiger partial charge on any atom is 0.296 e. The largest absolute Gasteiger partial charge is 0.494 e. The van der Waals surface area contributed by atoms with Crippen LogP contribution >= 0.6 is 11.3 Å². The SMILES string of the molecule is CCOc1ccc(-c2nn(-c3ccccc3)cc2/C=c2\sc3nc(=O)c(Cc4ccc(C)cc4)nn3c2=O)cc1. The van der Waals surface area contributed by atoms with E-state index in [1.54, 1.807) is 10.8 Å². The molecule has 3 aromatic carbocycles. The van der Waals surface area contributed by atoms with Gasteiger partial charge in [-0.25, -0.2) is 4.68 Å². The summed E-state index contributed by atoms with van der Waals surface area (Å²) in [5.41, 5.74) is 4.75. The summed E-state index contributed by atoms with van der Waals surface area (Å²) in [6.07, 6.45) is 3.97. The molecule has 9 heteroatoms. The smallest absolute Gasteiger partial charge is 0.296 e. The van der Waals surface area contributed by atoms with Crippen LogP contribution in [-0.4, -0.2) is 31.0 Å². The van der Waals surface area contributed by atoms with Crippen molar-refractivity contribution in [1.29, 1.82) is 0 Å². The van der Waals surface area contributed by atoms with Gasteiger partial charge in [-0.3, -0.25) is 9.59 Å². The van der Waals surface area contributed by atoms with Crippen molar-refractivity contribution in [2.24, 2.45) is 0 Å². The maximum atomic E-state index is 13.4. The van der Waals surface area contributed by atoms with E-state index in [0.717, 1.165) is 45.0 Å². The molecule has 8 nitrogen and oxygen atoms in total. The van der Waals surface area contributed by atoms with Crippen LogP contribution in [0.3, 0.4) is 0 Å². The van der Waals surface area contributed by atoms with E-state index in [2.05, 4.69) is 10.1 Å². The summed E-state index contributed by atoms with van der Waals surface area (Å²) in [4.78, 5) is 30.6. The van der Waals surface area contributed by atoms with E-state index >= 15 is 0 Å². The number of fused-ring (bicyclic) bond motifs is 1. The molecular weight excluding hydrogens is 522 g/mol. The van der Waals surface area contributed by atoms with Crippen molar-refractivity contribution >= 4 is 22.4 Å². The molecule has 6 aromatic rings. The van der Waals surface area contributed by atoms with E-state index in [1.807, 2.05) is 98.9 Å². The molecule has 0 radical (unpaired) electrons. The summed E-state index contributed by atoms with van der Waals surface area (Å²) in [6.45, 7) is 4.52. The van der Waals surface area contributed by atoms with E-state index in [1.165, 1.54) is 4.52 Å². The number of nitrogens with zero attached hydrogens (tertiary/aromatic N) is 5. The minimum atomic E-state index is -0.430. The third-order valence-electron chi connectivity index (χ3n) is 6.43. The second-order valence-corrected chi connectivity index (χ2v) is 10.3. The summed E-state index contributed by atoms with van der Waals surface area (Å²) in [5, 5.41) is 9.25. The fourth-order valence-electron chi connectivity index (χ4n) is 4.40. The zero-order chi connectivity index (χ0) is 27.6. The molecule has 40 heavy (non-hydrogen) atoms. The lowest BCUT2D eigenvalue weighted by Gasteiger charge is -2.04. The number of aromatic nitrogens is 5. The number of hydrogen-bond donors (Lipinski definition) is 0. The Balaban J connectivity index is 1.46. The molecule has 0 saturated carbocycles. The Kier molecular flexibility index (Phi) is 6.79. The molecule has 3 heterocycles. The number of thiazole rings is 1. The molecule has 0 bridgehead atoms. The van der Waals surface area contributed by atoms with Gasteiger partial charge in [0, 0.05) is 23.7 Å². The molecule has 0 unspecified atom stereocenters. The zero-order valence-electron chi connectivity index (χ0n) is 21.9. The first-order chi connectivity index (χ1) is 19.5.